The zero-order valence-electron chi connectivity index (χ0n) is 18.4. The second kappa shape index (κ2) is 10.8. The lowest BCUT2D eigenvalue weighted by molar-refractivity contribution is -0.127. The van der Waals surface area contributed by atoms with Crippen LogP contribution < -0.4 is 15.8 Å². The summed E-state index contributed by atoms with van der Waals surface area (Å²) in [7, 11) is -0.276. The van der Waals surface area contributed by atoms with Crippen molar-refractivity contribution < 1.29 is 13.2 Å². The predicted molar refractivity (Wildman–Crippen MR) is 119 cm³/mol. The highest BCUT2D eigenvalue weighted by Gasteiger charge is 2.24. The predicted octanol–water partition coefficient (Wildman–Crippen LogP) is 1.67. The van der Waals surface area contributed by atoms with E-state index in [1.54, 1.807) is 26.2 Å². The Morgan fingerprint density at radius 2 is 1.77 bits per heavy atom. The molecule has 0 radical (unpaired) electrons. The van der Waals surface area contributed by atoms with Crippen molar-refractivity contribution in [2.24, 2.45) is 22.0 Å². The van der Waals surface area contributed by atoms with Gasteiger partial charge in [0.2, 0.25) is 15.9 Å². The molecule has 0 heterocycles. The van der Waals surface area contributed by atoms with Gasteiger partial charge in [-0.1, -0.05) is 26.0 Å². The molecule has 0 aliphatic heterocycles. The molecular formula is C21H35N5O3S. The Hall–Kier alpha value is -2.13. The van der Waals surface area contributed by atoms with E-state index >= 15 is 0 Å². The Morgan fingerprint density at radius 3 is 2.27 bits per heavy atom. The van der Waals surface area contributed by atoms with E-state index in [4.69, 9.17) is 5.14 Å². The summed E-state index contributed by atoms with van der Waals surface area (Å²) >= 11 is 0. The third-order valence-corrected chi connectivity index (χ3v) is 6.56. The van der Waals surface area contributed by atoms with Crippen LogP contribution in [0.5, 0.6) is 0 Å². The molecule has 0 atom stereocenters. The molecule has 0 saturated heterocycles. The van der Waals surface area contributed by atoms with Gasteiger partial charge in [0.1, 0.15) is 0 Å². The number of sulfonamides is 1. The van der Waals surface area contributed by atoms with E-state index in [0.29, 0.717) is 24.5 Å². The number of primary sulfonamides is 1. The van der Waals surface area contributed by atoms with Crippen molar-refractivity contribution in [2.75, 3.05) is 20.6 Å². The number of aliphatic imine (C=N–C) groups is 1. The lowest BCUT2D eigenvalue weighted by Crippen LogP contribution is -2.47. The van der Waals surface area contributed by atoms with Crippen LogP contribution in [0.1, 0.15) is 45.1 Å². The van der Waals surface area contributed by atoms with E-state index in [1.165, 1.54) is 29.9 Å². The number of nitrogens with two attached hydrogens (primary N) is 1. The van der Waals surface area contributed by atoms with Crippen molar-refractivity contribution in [3.05, 3.63) is 29.8 Å². The van der Waals surface area contributed by atoms with Crippen molar-refractivity contribution in [3.63, 3.8) is 0 Å². The molecule has 0 unspecified atom stereocenters. The van der Waals surface area contributed by atoms with Crippen LogP contribution in [-0.4, -0.2) is 51.9 Å². The average molecular weight is 438 g/mol. The summed E-state index contributed by atoms with van der Waals surface area (Å²) < 4.78 is 22.8. The average Bonchev–Trinajstić information content (AvgIpc) is 2.69. The number of carbonyl (C=O) groups excluding carboxylic acids is 1. The minimum atomic E-state index is -3.71. The molecule has 2 rings (SSSR count). The molecule has 1 amide bonds. The molecule has 4 N–H and O–H groups in total. The first kappa shape index (κ1) is 24.1. The highest BCUT2D eigenvalue weighted by Crippen LogP contribution is 2.29. The third kappa shape index (κ3) is 7.60. The van der Waals surface area contributed by atoms with Crippen molar-refractivity contribution in [1.82, 2.24) is 15.5 Å². The molecular weight excluding hydrogens is 402 g/mol. The minimum Gasteiger partial charge on any atom is -0.354 e. The first-order valence-electron chi connectivity index (χ1n) is 10.4. The van der Waals surface area contributed by atoms with Gasteiger partial charge in [-0.15, -0.1) is 0 Å². The van der Waals surface area contributed by atoms with Crippen LogP contribution in [0.25, 0.3) is 0 Å². The summed E-state index contributed by atoms with van der Waals surface area (Å²) in [6, 6.07) is 6.66. The van der Waals surface area contributed by atoms with Crippen LogP contribution in [0.15, 0.2) is 34.2 Å². The van der Waals surface area contributed by atoms with Crippen LogP contribution in [0.2, 0.25) is 0 Å². The van der Waals surface area contributed by atoms with Gasteiger partial charge in [-0.25, -0.2) is 18.5 Å². The van der Waals surface area contributed by atoms with Gasteiger partial charge in [0.25, 0.3) is 0 Å². The number of likely N-dealkylation sites (N-methyl/N-ethyl adjacent to an activating group) is 1. The molecule has 8 nitrogen and oxygen atoms in total. The summed E-state index contributed by atoms with van der Waals surface area (Å²) in [6.07, 6.45) is 4.53. The van der Waals surface area contributed by atoms with Gasteiger partial charge in [-0.05, 0) is 55.2 Å². The summed E-state index contributed by atoms with van der Waals surface area (Å²) in [5, 5.41) is 11.7. The molecule has 1 fully saturated rings. The molecule has 1 aromatic rings. The van der Waals surface area contributed by atoms with Crippen LogP contribution in [0.4, 0.5) is 0 Å². The van der Waals surface area contributed by atoms with Gasteiger partial charge in [-0.3, -0.25) is 4.79 Å². The number of guanidine groups is 1. The maximum Gasteiger partial charge on any atom is 0.241 e. The fourth-order valence-corrected chi connectivity index (χ4v) is 4.06. The zero-order chi connectivity index (χ0) is 22.3. The molecule has 168 valence electrons. The maximum atomic E-state index is 12.0. The highest BCUT2D eigenvalue weighted by molar-refractivity contribution is 7.89. The van der Waals surface area contributed by atoms with Crippen LogP contribution in [-0.2, 0) is 21.4 Å². The standard InChI is InChI=1S/C21H35N5O3S/c1-15(2)17-7-9-18(10-8-17)25-21(24-14-20(27)26(3)4)23-13-16-5-11-19(12-6-16)30(22,28)29/h5-6,11-12,15,17-18H,7-10,13-14H2,1-4H3,(H2,22,28,29)(H2,23,24,25). The highest BCUT2D eigenvalue weighted by atomic mass is 32.2. The number of nitrogens with zero attached hydrogens (tertiary/aromatic N) is 2. The molecule has 1 aliphatic carbocycles. The first-order chi connectivity index (χ1) is 14.1. The largest absolute Gasteiger partial charge is 0.354 e. The van der Waals surface area contributed by atoms with Crippen LogP contribution in [0.3, 0.4) is 0 Å². The quantitative estimate of drug-likeness (QED) is 0.443. The number of rotatable bonds is 7. The van der Waals surface area contributed by atoms with Crippen LogP contribution in [0, 0.1) is 11.8 Å². The molecule has 1 aromatic carbocycles. The summed E-state index contributed by atoms with van der Waals surface area (Å²) in [4.78, 5) is 18.2. The van der Waals surface area contributed by atoms with Crippen molar-refractivity contribution in [1.29, 1.82) is 0 Å². The Balaban J connectivity index is 2.04. The topological polar surface area (TPSA) is 117 Å². The van der Waals surface area contributed by atoms with Gasteiger partial charge in [0, 0.05) is 20.1 Å². The van der Waals surface area contributed by atoms with Crippen molar-refractivity contribution in [3.8, 4) is 0 Å². The number of amides is 1. The summed E-state index contributed by atoms with van der Waals surface area (Å²) in [5.41, 5.74) is 0.853. The number of benzene rings is 1. The van der Waals surface area contributed by atoms with Gasteiger partial charge < -0.3 is 15.5 Å². The zero-order valence-corrected chi connectivity index (χ0v) is 19.2. The van der Waals surface area contributed by atoms with E-state index in [0.717, 1.165) is 24.3 Å². The van der Waals surface area contributed by atoms with E-state index < -0.39 is 10.0 Å². The fraction of sp³-hybridized carbons (Fsp3) is 0.619. The number of nitrogens with one attached hydrogen (secondary N) is 2. The maximum absolute atomic E-state index is 12.0. The van der Waals surface area contributed by atoms with E-state index in [2.05, 4.69) is 29.5 Å². The van der Waals surface area contributed by atoms with Gasteiger partial charge in [-0.2, -0.15) is 0 Å². The third-order valence-electron chi connectivity index (χ3n) is 5.63. The SMILES string of the molecule is CC(C)C1CCC(NC(=NCc2ccc(S(N)(=O)=O)cc2)NCC(=O)N(C)C)CC1. The number of hydrogen-bond donors (Lipinski definition) is 3. The molecule has 1 saturated carbocycles. The second-order valence-corrected chi connectivity index (χ2v) is 10.1. The lowest BCUT2D eigenvalue weighted by atomic mass is 9.80. The molecule has 0 bridgehead atoms. The smallest absolute Gasteiger partial charge is 0.241 e. The summed E-state index contributed by atoms with van der Waals surface area (Å²) in [5.74, 6) is 2.03. The lowest BCUT2D eigenvalue weighted by Gasteiger charge is -2.32. The van der Waals surface area contributed by atoms with Gasteiger partial charge in [0.15, 0.2) is 5.96 Å². The molecule has 0 spiro atoms. The molecule has 30 heavy (non-hydrogen) atoms. The Morgan fingerprint density at radius 1 is 1.17 bits per heavy atom. The first-order valence-corrected chi connectivity index (χ1v) is 12.0. The Labute approximate surface area is 180 Å². The Kier molecular flexibility index (Phi) is 8.66. The molecule has 0 aromatic heterocycles. The summed E-state index contributed by atoms with van der Waals surface area (Å²) in [6.45, 7) is 5.07. The van der Waals surface area contributed by atoms with Crippen molar-refractivity contribution >= 4 is 21.9 Å². The normalized spacial score (nSPS) is 20.1. The van der Waals surface area contributed by atoms with Gasteiger partial charge >= 0.3 is 0 Å². The molecule has 9 heteroatoms. The minimum absolute atomic E-state index is 0.0366. The number of carbonyl (C=O) groups is 1. The second-order valence-electron chi connectivity index (χ2n) is 8.50. The number of hydrogen-bond acceptors (Lipinski definition) is 4. The van der Waals surface area contributed by atoms with E-state index in [-0.39, 0.29) is 17.3 Å². The monoisotopic (exact) mass is 437 g/mol. The van der Waals surface area contributed by atoms with E-state index in [9.17, 15) is 13.2 Å². The van der Waals surface area contributed by atoms with Crippen molar-refractivity contribution in [2.45, 2.75) is 57.0 Å². The van der Waals surface area contributed by atoms with Crippen LogP contribution >= 0.6 is 0 Å². The fourth-order valence-electron chi connectivity index (χ4n) is 3.55. The van der Waals surface area contributed by atoms with Gasteiger partial charge in [0.05, 0.1) is 18.0 Å². The molecule has 1 aliphatic rings. The Bertz CT molecular complexity index is 827. The van der Waals surface area contributed by atoms with E-state index in [1.807, 2.05) is 0 Å².